The third-order valence-electron chi connectivity index (χ3n) is 3.42. The average molecular weight is 297 g/mol. The normalized spacial score (nSPS) is 12.3. The summed E-state index contributed by atoms with van der Waals surface area (Å²) in [6, 6.07) is 11.0. The van der Waals surface area contributed by atoms with Crippen LogP contribution in [-0.2, 0) is 6.54 Å². The first-order valence-corrected chi connectivity index (χ1v) is 7.02. The third-order valence-corrected chi connectivity index (χ3v) is 3.42. The van der Waals surface area contributed by atoms with Gasteiger partial charge in [-0.05, 0) is 36.8 Å². The van der Waals surface area contributed by atoms with Gasteiger partial charge in [-0.3, -0.25) is 4.98 Å². The van der Waals surface area contributed by atoms with Crippen molar-refractivity contribution in [3.63, 3.8) is 0 Å². The van der Waals surface area contributed by atoms with E-state index >= 15 is 0 Å². The highest BCUT2D eigenvalue weighted by Gasteiger charge is 2.08. The van der Waals surface area contributed by atoms with Crippen molar-refractivity contribution in [1.82, 2.24) is 25.1 Å². The Bertz CT molecular complexity index is 728. The molecule has 22 heavy (non-hydrogen) atoms. The Balaban J connectivity index is 1.68. The number of hydrogen-bond acceptors (Lipinski definition) is 4. The number of nitrogens with zero attached hydrogens (tertiary/aromatic N) is 4. The molecule has 1 atom stereocenters. The van der Waals surface area contributed by atoms with Gasteiger partial charge in [-0.25, -0.2) is 14.1 Å². The molecule has 0 aliphatic rings. The van der Waals surface area contributed by atoms with Crippen molar-refractivity contribution in [2.45, 2.75) is 19.5 Å². The SMILES string of the molecule is C[C@@H](NCc1ccc(-n2cncn2)c(F)c1)c1ccccn1. The molecule has 1 N–H and O–H groups in total. The van der Waals surface area contributed by atoms with Crippen molar-refractivity contribution in [2.24, 2.45) is 0 Å². The summed E-state index contributed by atoms with van der Waals surface area (Å²) < 4.78 is 15.5. The lowest BCUT2D eigenvalue weighted by Gasteiger charge is -2.13. The lowest BCUT2D eigenvalue weighted by molar-refractivity contribution is 0.556. The third kappa shape index (κ3) is 3.17. The molecule has 0 bridgehead atoms. The van der Waals surface area contributed by atoms with Crippen LogP contribution < -0.4 is 5.32 Å². The van der Waals surface area contributed by atoms with E-state index < -0.39 is 0 Å². The van der Waals surface area contributed by atoms with Gasteiger partial charge in [0.1, 0.15) is 24.2 Å². The first-order chi connectivity index (χ1) is 10.7. The van der Waals surface area contributed by atoms with E-state index in [0.29, 0.717) is 12.2 Å². The van der Waals surface area contributed by atoms with Crippen LogP contribution in [0.1, 0.15) is 24.2 Å². The molecule has 3 rings (SSSR count). The Hall–Kier alpha value is -2.60. The average Bonchev–Trinajstić information content (AvgIpc) is 3.07. The molecule has 2 aromatic heterocycles. The molecule has 6 heteroatoms. The summed E-state index contributed by atoms with van der Waals surface area (Å²) in [5, 5.41) is 7.27. The summed E-state index contributed by atoms with van der Waals surface area (Å²) >= 11 is 0. The number of hydrogen-bond donors (Lipinski definition) is 1. The zero-order valence-corrected chi connectivity index (χ0v) is 12.1. The standard InChI is InChI=1S/C16H16FN5/c1-12(15-4-2-3-7-19-15)20-9-13-5-6-16(14(17)8-13)22-11-18-10-21-22/h2-8,10-12,20H,9H2,1H3/t12-/m1/s1. The smallest absolute Gasteiger partial charge is 0.149 e. The molecule has 0 radical (unpaired) electrons. The topological polar surface area (TPSA) is 55.6 Å². The van der Waals surface area contributed by atoms with E-state index in [-0.39, 0.29) is 11.9 Å². The van der Waals surface area contributed by atoms with E-state index in [9.17, 15) is 4.39 Å². The van der Waals surface area contributed by atoms with Crippen LogP contribution in [0.3, 0.4) is 0 Å². The first-order valence-electron chi connectivity index (χ1n) is 7.02. The van der Waals surface area contributed by atoms with E-state index in [2.05, 4.69) is 20.4 Å². The van der Waals surface area contributed by atoms with Crippen molar-refractivity contribution in [2.75, 3.05) is 0 Å². The molecule has 0 aliphatic heterocycles. The van der Waals surface area contributed by atoms with E-state index in [0.717, 1.165) is 11.3 Å². The Morgan fingerprint density at radius 1 is 1.27 bits per heavy atom. The largest absolute Gasteiger partial charge is 0.305 e. The minimum atomic E-state index is -0.324. The van der Waals surface area contributed by atoms with Crippen molar-refractivity contribution < 1.29 is 4.39 Å². The van der Waals surface area contributed by atoms with Gasteiger partial charge in [-0.15, -0.1) is 0 Å². The van der Waals surface area contributed by atoms with Gasteiger partial charge in [-0.2, -0.15) is 5.10 Å². The molecule has 0 fully saturated rings. The number of halogens is 1. The fourth-order valence-electron chi connectivity index (χ4n) is 2.19. The Labute approximate surface area is 127 Å². The van der Waals surface area contributed by atoms with Crippen molar-refractivity contribution >= 4 is 0 Å². The maximum Gasteiger partial charge on any atom is 0.149 e. The highest BCUT2D eigenvalue weighted by atomic mass is 19.1. The fourth-order valence-corrected chi connectivity index (χ4v) is 2.19. The molecule has 0 spiro atoms. The fraction of sp³-hybridized carbons (Fsp3) is 0.188. The molecule has 0 saturated carbocycles. The van der Waals surface area contributed by atoms with Gasteiger partial charge in [0.05, 0.1) is 5.69 Å². The molecule has 5 nitrogen and oxygen atoms in total. The molecule has 1 aromatic carbocycles. The van der Waals surface area contributed by atoms with Crippen LogP contribution in [0.5, 0.6) is 0 Å². The van der Waals surface area contributed by atoms with Crippen LogP contribution in [0.2, 0.25) is 0 Å². The first kappa shape index (κ1) is 14.3. The van der Waals surface area contributed by atoms with E-state index in [1.165, 1.54) is 23.4 Å². The van der Waals surface area contributed by atoms with Gasteiger partial charge >= 0.3 is 0 Å². The summed E-state index contributed by atoms with van der Waals surface area (Å²) in [4.78, 5) is 8.12. The molecule has 0 amide bonds. The van der Waals surface area contributed by atoms with Gasteiger partial charge in [0.25, 0.3) is 0 Å². The van der Waals surface area contributed by atoms with Crippen LogP contribution in [-0.4, -0.2) is 19.7 Å². The molecule has 2 heterocycles. The van der Waals surface area contributed by atoms with E-state index in [1.54, 1.807) is 12.3 Å². The van der Waals surface area contributed by atoms with Gasteiger partial charge in [-0.1, -0.05) is 12.1 Å². The Kier molecular flexibility index (Phi) is 4.20. The van der Waals surface area contributed by atoms with Crippen LogP contribution >= 0.6 is 0 Å². The lowest BCUT2D eigenvalue weighted by atomic mass is 10.1. The van der Waals surface area contributed by atoms with Gasteiger partial charge < -0.3 is 5.32 Å². The summed E-state index contributed by atoms with van der Waals surface area (Å²) in [6.45, 7) is 2.59. The quantitative estimate of drug-likeness (QED) is 0.786. The molecule has 0 unspecified atom stereocenters. The highest BCUT2D eigenvalue weighted by Crippen LogP contribution is 2.15. The highest BCUT2D eigenvalue weighted by molar-refractivity contribution is 5.35. The van der Waals surface area contributed by atoms with Crippen LogP contribution in [0.15, 0.2) is 55.2 Å². The molecule has 112 valence electrons. The molecular formula is C16H16FN5. The zero-order valence-electron chi connectivity index (χ0n) is 12.1. The minimum absolute atomic E-state index is 0.0965. The summed E-state index contributed by atoms with van der Waals surface area (Å²) in [6.07, 6.45) is 4.61. The van der Waals surface area contributed by atoms with Crippen LogP contribution in [0.25, 0.3) is 5.69 Å². The molecule has 3 aromatic rings. The Morgan fingerprint density at radius 3 is 2.86 bits per heavy atom. The zero-order chi connectivity index (χ0) is 15.4. The monoisotopic (exact) mass is 297 g/mol. The van der Waals surface area contributed by atoms with Crippen molar-refractivity contribution in [1.29, 1.82) is 0 Å². The van der Waals surface area contributed by atoms with Crippen molar-refractivity contribution in [3.8, 4) is 5.69 Å². The van der Waals surface area contributed by atoms with Crippen molar-refractivity contribution in [3.05, 3.63) is 72.3 Å². The van der Waals surface area contributed by atoms with Crippen LogP contribution in [0, 0.1) is 5.82 Å². The minimum Gasteiger partial charge on any atom is -0.305 e. The van der Waals surface area contributed by atoms with E-state index in [4.69, 9.17) is 0 Å². The van der Waals surface area contributed by atoms with Gasteiger partial charge in [0.15, 0.2) is 0 Å². The number of aromatic nitrogens is 4. The molecular weight excluding hydrogens is 281 g/mol. The number of nitrogens with one attached hydrogen (secondary N) is 1. The number of rotatable bonds is 5. The summed E-state index contributed by atoms with van der Waals surface area (Å²) in [7, 11) is 0. The lowest BCUT2D eigenvalue weighted by Crippen LogP contribution is -2.19. The Morgan fingerprint density at radius 2 is 2.18 bits per heavy atom. The van der Waals surface area contributed by atoms with E-state index in [1.807, 2.05) is 31.2 Å². The second-order valence-electron chi connectivity index (χ2n) is 4.98. The predicted molar refractivity (Wildman–Crippen MR) is 80.8 cm³/mol. The molecule has 0 aliphatic carbocycles. The maximum atomic E-state index is 14.1. The second kappa shape index (κ2) is 6.44. The predicted octanol–water partition coefficient (Wildman–Crippen LogP) is 2.65. The number of pyridine rings is 1. The van der Waals surface area contributed by atoms with Gasteiger partial charge in [0.2, 0.25) is 0 Å². The maximum absolute atomic E-state index is 14.1. The van der Waals surface area contributed by atoms with Gasteiger partial charge in [0, 0.05) is 18.8 Å². The molecule has 0 saturated heterocycles. The summed E-state index contributed by atoms with van der Waals surface area (Å²) in [5.74, 6) is -0.324. The number of benzene rings is 1. The van der Waals surface area contributed by atoms with Crippen LogP contribution in [0.4, 0.5) is 4.39 Å². The second-order valence-corrected chi connectivity index (χ2v) is 4.98. The summed E-state index contributed by atoms with van der Waals surface area (Å²) in [5.41, 5.74) is 2.21.